The van der Waals surface area contributed by atoms with E-state index in [0.29, 0.717) is 12.3 Å². The second-order valence-electron chi connectivity index (χ2n) is 8.70. The normalized spacial score (nSPS) is 12.5. The van der Waals surface area contributed by atoms with Crippen LogP contribution < -0.4 is 10.2 Å². The highest BCUT2D eigenvalue weighted by atomic mass is 32.3. The lowest BCUT2D eigenvalue weighted by molar-refractivity contribution is -0.142. The molecule has 0 spiro atoms. The van der Waals surface area contributed by atoms with Crippen LogP contribution in [-0.2, 0) is 16.1 Å². The molecule has 4 aromatic rings. The van der Waals surface area contributed by atoms with Gasteiger partial charge in [0.15, 0.2) is 0 Å². The highest BCUT2D eigenvalue weighted by Crippen LogP contribution is 2.68. The van der Waals surface area contributed by atoms with Gasteiger partial charge in [-0.15, -0.1) is 0 Å². The molecule has 3 aromatic carbocycles. The van der Waals surface area contributed by atoms with E-state index in [4.69, 9.17) is 4.74 Å². The summed E-state index contributed by atoms with van der Waals surface area (Å²) in [5.74, 6) is 0.281. The molecule has 0 unspecified atom stereocenters. The number of anilines is 1. The van der Waals surface area contributed by atoms with Crippen molar-refractivity contribution in [2.45, 2.75) is 27.3 Å². The summed E-state index contributed by atoms with van der Waals surface area (Å²) in [5.41, 5.74) is 1.93. The van der Waals surface area contributed by atoms with Crippen LogP contribution in [0.5, 0.6) is 0 Å². The minimum absolute atomic E-state index is 0.279. The molecule has 36 heavy (non-hydrogen) atoms. The number of hydrogen-bond donors (Lipinski definition) is 1. The third-order valence-electron chi connectivity index (χ3n) is 6.19. The number of nitrogens with zero attached hydrogens (tertiary/aromatic N) is 2. The highest BCUT2D eigenvalue weighted by Gasteiger charge is 2.36. The monoisotopic (exact) mass is 499 g/mol. The highest BCUT2D eigenvalue weighted by molar-refractivity contribution is 8.33. The molecule has 1 heterocycles. The van der Waals surface area contributed by atoms with Crippen LogP contribution in [0.15, 0.2) is 124 Å². The first-order valence-electron chi connectivity index (χ1n) is 11.9. The van der Waals surface area contributed by atoms with Crippen LogP contribution in [0.3, 0.4) is 0 Å². The van der Waals surface area contributed by atoms with Gasteiger partial charge in [0.05, 0.1) is 12.8 Å². The fourth-order valence-corrected chi connectivity index (χ4v) is 8.34. The molecular formula is C30H33N3O2S. The molecule has 5 nitrogen and oxygen atoms in total. The molecule has 0 radical (unpaired) electrons. The summed E-state index contributed by atoms with van der Waals surface area (Å²) in [6.07, 6.45) is 1.80. The molecule has 0 fully saturated rings. The number of benzene rings is 3. The quantitative estimate of drug-likeness (QED) is 0.281. The fraction of sp³-hybridized carbons (Fsp3) is 0.200. The Labute approximate surface area is 215 Å². The summed E-state index contributed by atoms with van der Waals surface area (Å²) in [5, 5.41) is 3.48. The van der Waals surface area contributed by atoms with Gasteiger partial charge >= 0.3 is 5.97 Å². The molecular weight excluding hydrogens is 466 g/mol. The van der Waals surface area contributed by atoms with E-state index in [-0.39, 0.29) is 5.97 Å². The predicted octanol–water partition coefficient (Wildman–Crippen LogP) is 5.76. The van der Waals surface area contributed by atoms with Gasteiger partial charge in [0, 0.05) is 38.3 Å². The largest absolute Gasteiger partial charge is 0.468 e. The van der Waals surface area contributed by atoms with E-state index in [9.17, 15) is 4.79 Å². The van der Waals surface area contributed by atoms with Crippen molar-refractivity contribution in [1.82, 2.24) is 10.3 Å². The van der Waals surface area contributed by atoms with E-state index in [1.165, 1.54) is 21.8 Å². The van der Waals surface area contributed by atoms with Crippen molar-refractivity contribution in [2.24, 2.45) is 0 Å². The van der Waals surface area contributed by atoms with Crippen LogP contribution in [0.2, 0.25) is 0 Å². The van der Waals surface area contributed by atoms with Crippen LogP contribution >= 0.6 is 10.0 Å². The molecule has 0 aliphatic rings. The molecule has 0 aliphatic carbocycles. The average Bonchev–Trinajstić information content (AvgIpc) is 2.94. The number of carbonyl (C=O) groups is 1. The number of nitrogens with one attached hydrogen (secondary N) is 1. The minimum atomic E-state index is -1.80. The number of rotatable bonds is 10. The summed E-state index contributed by atoms with van der Waals surface area (Å²) in [6, 6.07) is 35.0. The summed E-state index contributed by atoms with van der Waals surface area (Å²) in [4.78, 5) is 23.3. The Morgan fingerprint density at radius 3 is 1.81 bits per heavy atom. The zero-order chi connectivity index (χ0) is 25.4. The van der Waals surface area contributed by atoms with Crippen molar-refractivity contribution in [1.29, 1.82) is 0 Å². The molecule has 186 valence electrons. The number of hydrogen-bond acceptors (Lipinski definition) is 5. The topological polar surface area (TPSA) is 54.5 Å². The van der Waals surface area contributed by atoms with Crippen LogP contribution in [0, 0.1) is 0 Å². The number of carbonyl (C=O) groups excluding carboxylic acids is 1. The summed E-state index contributed by atoms with van der Waals surface area (Å²) in [6.45, 7) is 0.454. The lowest BCUT2D eigenvalue weighted by atomic mass is 10.2. The van der Waals surface area contributed by atoms with Gasteiger partial charge in [-0.2, -0.15) is 10.0 Å². The third-order valence-corrected chi connectivity index (χ3v) is 10.2. The van der Waals surface area contributed by atoms with Crippen LogP contribution in [0.25, 0.3) is 0 Å². The van der Waals surface area contributed by atoms with E-state index in [2.05, 4.69) is 83.1 Å². The van der Waals surface area contributed by atoms with Crippen molar-refractivity contribution < 1.29 is 9.53 Å². The first-order valence-corrected chi connectivity index (χ1v) is 13.7. The van der Waals surface area contributed by atoms with E-state index in [0.717, 1.165) is 11.4 Å². The number of methoxy groups -OCH3 is 1. The zero-order valence-corrected chi connectivity index (χ0v) is 21.8. The molecule has 4 rings (SSSR count). The number of ether oxygens (including phenoxy) is 1. The maximum Gasteiger partial charge on any atom is 0.323 e. The maximum atomic E-state index is 13.2. The summed E-state index contributed by atoms with van der Waals surface area (Å²) >= 11 is 0. The van der Waals surface area contributed by atoms with Gasteiger partial charge in [0.25, 0.3) is 0 Å². The van der Waals surface area contributed by atoms with Crippen molar-refractivity contribution >= 4 is 21.7 Å². The molecule has 0 aliphatic heterocycles. The number of aromatic nitrogens is 1. The Hall–Kier alpha value is -3.61. The molecule has 1 N–H and O–H groups in total. The minimum Gasteiger partial charge on any atom is -0.468 e. The first kappa shape index (κ1) is 25.5. The Balaban J connectivity index is 1.78. The fourth-order valence-electron chi connectivity index (χ4n) is 4.33. The lowest BCUT2D eigenvalue weighted by Gasteiger charge is -2.43. The average molecular weight is 500 g/mol. The van der Waals surface area contributed by atoms with Gasteiger partial charge in [-0.05, 0) is 63.2 Å². The van der Waals surface area contributed by atoms with Gasteiger partial charge < -0.3 is 9.64 Å². The van der Waals surface area contributed by atoms with Crippen LogP contribution in [-0.4, -0.2) is 44.0 Å². The van der Waals surface area contributed by atoms with Gasteiger partial charge in [-0.1, -0.05) is 54.6 Å². The zero-order valence-electron chi connectivity index (χ0n) is 21.0. The number of esters is 1. The van der Waals surface area contributed by atoms with E-state index >= 15 is 0 Å². The molecule has 6 heteroatoms. The van der Waals surface area contributed by atoms with Crippen molar-refractivity contribution in [3.63, 3.8) is 0 Å². The maximum absolute atomic E-state index is 13.2. The SMILES string of the molecule is COC(=O)[C@H](CS(c1ccccc1)(c1ccccc1)c1ccccc1)NCc1cc(N(C)C)ccn1. The Morgan fingerprint density at radius 2 is 1.36 bits per heavy atom. The van der Waals surface area contributed by atoms with Gasteiger partial charge in [-0.3, -0.25) is 15.1 Å². The van der Waals surface area contributed by atoms with E-state index < -0.39 is 16.1 Å². The molecule has 0 amide bonds. The van der Waals surface area contributed by atoms with Crippen LogP contribution in [0.4, 0.5) is 5.69 Å². The summed E-state index contributed by atoms with van der Waals surface area (Å²) in [7, 11) is 3.65. The smallest absolute Gasteiger partial charge is 0.323 e. The molecule has 0 saturated heterocycles. The second kappa shape index (κ2) is 11.9. The van der Waals surface area contributed by atoms with Crippen molar-refractivity contribution in [3.8, 4) is 0 Å². The van der Waals surface area contributed by atoms with Gasteiger partial charge in [0.1, 0.15) is 6.04 Å². The van der Waals surface area contributed by atoms with Gasteiger partial charge in [0.2, 0.25) is 0 Å². The lowest BCUT2D eigenvalue weighted by Crippen LogP contribution is -2.42. The Bertz CT molecular complexity index is 1150. The molecule has 1 atom stereocenters. The van der Waals surface area contributed by atoms with Crippen molar-refractivity contribution in [2.75, 3.05) is 31.9 Å². The Morgan fingerprint density at radius 1 is 0.861 bits per heavy atom. The molecule has 1 aromatic heterocycles. The first-order chi connectivity index (χ1) is 17.5. The van der Waals surface area contributed by atoms with Gasteiger partial charge in [-0.25, -0.2) is 0 Å². The molecule has 0 saturated carbocycles. The van der Waals surface area contributed by atoms with Crippen LogP contribution in [0.1, 0.15) is 5.69 Å². The molecule has 0 bridgehead atoms. The predicted molar refractivity (Wildman–Crippen MR) is 148 cm³/mol. The Kier molecular flexibility index (Phi) is 8.41. The van der Waals surface area contributed by atoms with E-state index in [1.54, 1.807) is 6.20 Å². The summed E-state index contributed by atoms with van der Waals surface area (Å²) < 4.78 is 5.30. The number of pyridine rings is 1. The second-order valence-corrected chi connectivity index (χ2v) is 11.9. The van der Waals surface area contributed by atoms with Crippen molar-refractivity contribution in [3.05, 3.63) is 115 Å². The standard InChI is InChI=1S/C30H33N3O2S/c1-33(2)25-19-20-31-24(21-25)22-32-29(30(34)35-3)23-36(26-13-7-4-8-14-26,27-15-9-5-10-16-27)28-17-11-6-12-18-28/h4-21,29,32H,22-23H2,1-3H3/t29-/m0/s1. The third kappa shape index (κ3) is 5.61. The van der Waals surface area contributed by atoms with E-state index in [1.807, 2.05) is 49.3 Å².